The van der Waals surface area contributed by atoms with Crippen LogP contribution in [0, 0.1) is 17.3 Å². The summed E-state index contributed by atoms with van der Waals surface area (Å²) in [4.78, 5) is 0. The van der Waals surface area contributed by atoms with E-state index < -0.39 is 9.84 Å². The van der Waals surface area contributed by atoms with E-state index in [1.807, 2.05) is 0 Å². The van der Waals surface area contributed by atoms with Crippen LogP contribution in [-0.4, -0.2) is 32.5 Å². The van der Waals surface area contributed by atoms with Crippen molar-refractivity contribution in [1.29, 1.82) is 0 Å². The molecule has 2 rings (SSSR count). The average Bonchev–Trinajstić information content (AvgIpc) is 2.98. The van der Waals surface area contributed by atoms with Crippen molar-refractivity contribution >= 4 is 9.84 Å². The fraction of sp³-hybridized carbons (Fsp3) is 1.00. The molecular weight excluding hydrogens is 270 g/mol. The molecule has 0 aromatic carbocycles. The lowest BCUT2D eigenvalue weighted by atomic mass is 9.71. The van der Waals surface area contributed by atoms with Crippen LogP contribution in [0.3, 0.4) is 0 Å². The summed E-state index contributed by atoms with van der Waals surface area (Å²) in [5, 5.41) is 3.34. The number of hydrogen-bond acceptors (Lipinski definition) is 3. The molecule has 2 bridgehead atoms. The summed E-state index contributed by atoms with van der Waals surface area (Å²) in [5.74, 6) is 2.01. The van der Waals surface area contributed by atoms with Gasteiger partial charge >= 0.3 is 0 Å². The topological polar surface area (TPSA) is 46.2 Å². The Morgan fingerprint density at radius 2 is 2.05 bits per heavy atom. The van der Waals surface area contributed by atoms with Gasteiger partial charge in [0.2, 0.25) is 0 Å². The first-order valence-corrected chi connectivity index (χ1v) is 10.0. The van der Waals surface area contributed by atoms with E-state index in [4.69, 9.17) is 0 Å². The van der Waals surface area contributed by atoms with E-state index in [1.165, 1.54) is 25.7 Å². The minimum atomic E-state index is -2.90. The highest BCUT2D eigenvalue weighted by molar-refractivity contribution is 7.91. The Hall–Kier alpha value is -0.0900. The second-order valence-corrected chi connectivity index (χ2v) is 9.96. The van der Waals surface area contributed by atoms with Gasteiger partial charge in [-0.1, -0.05) is 13.3 Å². The van der Waals surface area contributed by atoms with Gasteiger partial charge in [0.15, 0.2) is 9.84 Å². The van der Waals surface area contributed by atoms with E-state index in [2.05, 4.69) is 12.2 Å². The Morgan fingerprint density at radius 1 is 1.30 bits per heavy atom. The number of sulfone groups is 1. The van der Waals surface area contributed by atoms with Crippen LogP contribution in [0.25, 0.3) is 0 Å². The molecule has 0 heterocycles. The van der Waals surface area contributed by atoms with Gasteiger partial charge < -0.3 is 5.32 Å². The van der Waals surface area contributed by atoms with Crippen LogP contribution in [0.4, 0.5) is 0 Å². The van der Waals surface area contributed by atoms with Crippen LogP contribution in [0.1, 0.15) is 59.3 Å². The number of fused-ring (bicyclic) bond motifs is 2. The third kappa shape index (κ3) is 3.38. The van der Waals surface area contributed by atoms with Crippen molar-refractivity contribution < 1.29 is 8.42 Å². The zero-order valence-corrected chi connectivity index (χ0v) is 14.1. The van der Waals surface area contributed by atoms with Crippen LogP contribution in [0.2, 0.25) is 0 Å². The molecular formula is C16H31NO2S. The largest absolute Gasteiger partial charge is 0.316 e. The third-order valence-electron chi connectivity index (χ3n) is 5.61. The molecule has 0 saturated heterocycles. The zero-order chi connectivity index (χ0) is 14.8. The average molecular weight is 301 g/mol. The van der Waals surface area contributed by atoms with Crippen molar-refractivity contribution in [2.24, 2.45) is 17.3 Å². The zero-order valence-electron chi connectivity index (χ0n) is 13.3. The predicted octanol–water partition coefficient (Wildman–Crippen LogP) is 3.01. The molecule has 2 fully saturated rings. The lowest BCUT2D eigenvalue weighted by Gasteiger charge is -2.38. The van der Waals surface area contributed by atoms with Crippen LogP contribution >= 0.6 is 0 Å². The van der Waals surface area contributed by atoms with E-state index in [0.29, 0.717) is 5.75 Å². The maximum absolute atomic E-state index is 12.1. The lowest BCUT2D eigenvalue weighted by molar-refractivity contribution is 0.151. The summed E-state index contributed by atoms with van der Waals surface area (Å²) >= 11 is 0. The van der Waals surface area contributed by atoms with E-state index >= 15 is 0 Å². The normalized spacial score (nSPS) is 33.2. The lowest BCUT2D eigenvalue weighted by Crippen LogP contribution is -2.40. The molecule has 0 aromatic rings. The fourth-order valence-electron chi connectivity index (χ4n) is 4.26. The van der Waals surface area contributed by atoms with Crippen molar-refractivity contribution in [2.75, 3.05) is 18.8 Å². The van der Waals surface area contributed by atoms with Gasteiger partial charge in [-0.3, -0.25) is 0 Å². The summed E-state index contributed by atoms with van der Waals surface area (Å²) in [6, 6.07) is 0. The third-order valence-corrected chi connectivity index (χ3v) is 7.82. The summed E-state index contributed by atoms with van der Waals surface area (Å²) in [7, 11) is -2.90. The van der Waals surface area contributed by atoms with E-state index in [9.17, 15) is 8.42 Å². The van der Waals surface area contributed by atoms with Gasteiger partial charge in [-0.2, -0.15) is 0 Å². The van der Waals surface area contributed by atoms with Crippen molar-refractivity contribution in [3.63, 3.8) is 0 Å². The van der Waals surface area contributed by atoms with Crippen LogP contribution in [-0.2, 0) is 9.84 Å². The minimum Gasteiger partial charge on any atom is -0.316 e. The standard InChI is InChI=1S/C16H31NO2S/c1-4-8-17-12-16(7-9-20(18,19)13(2)3)11-14-5-6-15(16)10-14/h13-15,17H,4-12H2,1-3H3. The van der Waals surface area contributed by atoms with Crippen molar-refractivity contribution in [3.8, 4) is 0 Å². The first-order chi connectivity index (χ1) is 9.39. The molecule has 3 nitrogen and oxygen atoms in total. The molecule has 0 aliphatic heterocycles. The highest BCUT2D eigenvalue weighted by Crippen LogP contribution is 2.57. The van der Waals surface area contributed by atoms with Gasteiger partial charge in [0.1, 0.15) is 0 Å². The van der Waals surface area contributed by atoms with E-state index in [-0.39, 0.29) is 10.7 Å². The molecule has 2 aliphatic rings. The SMILES string of the molecule is CCCNCC1(CCS(=O)(=O)C(C)C)CC2CCC1C2. The van der Waals surface area contributed by atoms with Gasteiger partial charge in [-0.15, -0.1) is 0 Å². The quantitative estimate of drug-likeness (QED) is 0.701. The van der Waals surface area contributed by atoms with Gasteiger partial charge in [0.05, 0.1) is 11.0 Å². The van der Waals surface area contributed by atoms with Crippen molar-refractivity contribution in [1.82, 2.24) is 5.32 Å². The Bertz CT molecular complexity index is 418. The molecule has 2 saturated carbocycles. The van der Waals surface area contributed by atoms with Gasteiger partial charge in [0.25, 0.3) is 0 Å². The monoisotopic (exact) mass is 301 g/mol. The Balaban J connectivity index is 2.01. The second kappa shape index (κ2) is 6.35. The molecule has 1 N–H and O–H groups in total. The van der Waals surface area contributed by atoms with E-state index in [1.54, 1.807) is 13.8 Å². The highest BCUT2D eigenvalue weighted by Gasteiger charge is 2.50. The van der Waals surface area contributed by atoms with Crippen LogP contribution in [0.5, 0.6) is 0 Å². The second-order valence-electron chi connectivity index (χ2n) is 7.29. The number of hydrogen-bond donors (Lipinski definition) is 1. The minimum absolute atomic E-state index is 0.234. The molecule has 118 valence electrons. The van der Waals surface area contributed by atoms with Crippen molar-refractivity contribution in [3.05, 3.63) is 0 Å². The van der Waals surface area contributed by atoms with Crippen molar-refractivity contribution in [2.45, 2.75) is 64.5 Å². The summed E-state index contributed by atoms with van der Waals surface area (Å²) in [5.41, 5.74) is 0.264. The molecule has 3 atom stereocenters. The highest BCUT2D eigenvalue weighted by atomic mass is 32.2. The number of nitrogens with one attached hydrogen (secondary N) is 1. The molecule has 2 aliphatic carbocycles. The maximum Gasteiger partial charge on any atom is 0.152 e. The molecule has 0 aromatic heterocycles. The van der Waals surface area contributed by atoms with Gasteiger partial charge in [0, 0.05) is 6.54 Å². The Labute approximate surface area is 124 Å². The summed E-state index contributed by atoms with van der Waals surface area (Å²) in [6.45, 7) is 7.87. The van der Waals surface area contributed by atoms with E-state index in [0.717, 1.165) is 37.8 Å². The Kier molecular flexibility index (Phi) is 5.17. The summed E-state index contributed by atoms with van der Waals surface area (Å²) < 4.78 is 24.3. The Morgan fingerprint density at radius 3 is 2.55 bits per heavy atom. The first-order valence-electron chi connectivity index (χ1n) is 8.32. The fourth-order valence-corrected chi connectivity index (χ4v) is 5.43. The maximum atomic E-state index is 12.1. The smallest absolute Gasteiger partial charge is 0.152 e. The summed E-state index contributed by atoms with van der Waals surface area (Å²) in [6.07, 6.45) is 7.30. The number of rotatable bonds is 8. The van der Waals surface area contributed by atoms with Crippen LogP contribution in [0.15, 0.2) is 0 Å². The molecule has 20 heavy (non-hydrogen) atoms. The predicted molar refractivity (Wildman–Crippen MR) is 84.6 cm³/mol. The van der Waals surface area contributed by atoms with Gasteiger partial charge in [-0.25, -0.2) is 8.42 Å². The molecule has 3 unspecified atom stereocenters. The van der Waals surface area contributed by atoms with Crippen LogP contribution < -0.4 is 5.32 Å². The van der Waals surface area contributed by atoms with Gasteiger partial charge in [-0.05, 0) is 69.7 Å². The molecule has 4 heteroatoms. The molecule has 0 radical (unpaired) electrons. The molecule has 0 amide bonds. The first kappa shape index (κ1) is 16.3. The molecule has 0 spiro atoms.